The Labute approximate surface area is 151 Å². The second kappa shape index (κ2) is 7.25. The Balaban J connectivity index is 1.73. The summed E-state index contributed by atoms with van der Waals surface area (Å²) in [6, 6.07) is 7.30. The molecule has 1 atom stereocenters. The molecule has 0 aliphatic carbocycles. The predicted octanol–water partition coefficient (Wildman–Crippen LogP) is 2.32. The van der Waals surface area contributed by atoms with Gasteiger partial charge in [0.1, 0.15) is 11.4 Å². The highest BCUT2D eigenvalue weighted by Crippen LogP contribution is 2.22. The van der Waals surface area contributed by atoms with E-state index in [1.807, 2.05) is 19.1 Å². The number of nitrogens with zero attached hydrogens (tertiary/aromatic N) is 4. The number of amides is 1. The van der Waals surface area contributed by atoms with Crippen LogP contribution in [0.4, 0.5) is 5.69 Å². The number of benzene rings is 1. The number of carbonyl (C=O) groups excluding carboxylic acids is 1. The molecule has 0 N–H and O–H groups in total. The molecule has 0 bridgehead atoms. The number of aromatic nitrogens is 2. The summed E-state index contributed by atoms with van der Waals surface area (Å²) in [6.07, 6.45) is 0.0498. The van der Waals surface area contributed by atoms with Gasteiger partial charge in [-0.25, -0.2) is 0 Å². The van der Waals surface area contributed by atoms with Crippen LogP contribution >= 0.6 is 0 Å². The highest BCUT2D eigenvalue weighted by atomic mass is 16.6. The lowest BCUT2D eigenvalue weighted by atomic mass is 10.1. The van der Waals surface area contributed by atoms with Crippen LogP contribution in [0.3, 0.4) is 0 Å². The molecule has 1 aliphatic heterocycles. The van der Waals surface area contributed by atoms with Gasteiger partial charge in [-0.2, -0.15) is 5.10 Å². The van der Waals surface area contributed by atoms with Crippen molar-refractivity contribution in [3.63, 3.8) is 0 Å². The highest BCUT2D eigenvalue weighted by Gasteiger charge is 2.23. The number of nitro groups is 1. The van der Waals surface area contributed by atoms with Gasteiger partial charge in [-0.15, -0.1) is 0 Å². The van der Waals surface area contributed by atoms with Crippen LogP contribution in [0.25, 0.3) is 0 Å². The van der Waals surface area contributed by atoms with Crippen molar-refractivity contribution in [1.82, 2.24) is 14.7 Å². The van der Waals surface area contributed by atoms with E-state index in [0.29, 0.717) is 43.2 Å². The summed E-state index contributed by atoms with van der Waals surface area (Å²) in [5, 5.41) is 15.4. The van der Waals surface area contributed by atoms with Crippen molar-refractivity contribution >= 4 is 11.6 Å². The number of ether oxygens (including phenoxy) is 1. The molecule has 3 rings (SSSR count). The first-order valence-corrected chi connectivity index (χ1v) is 8.55. The first-order valence-electron chi connectivity index (χ1n) is 8.55. The summed E-state index contributed by atoms with van der Waals surface area (Å²) >= 11 is 0. The number of hydrogen-bond donors (Lipinski definition) is 0. The predicted molar refractivity (Wildman–Crippen MR) is 95.2 cm³/mol. The van der Waals surface area contributed by atoms with Gasteiger partial charge in [0.05, 0.1) is 24.2 Å². The molecular formula is C18H22N4O4. The second-order valence-corrected chi connectivity index (χ2v) is 6.56. The Morgan fingerprint density at radius 3 is 2.62 bits per heavy atom. The van der Waals surface area contributed by atoms with E-state index in [1.165, 1.54) is 0 Å². The quantitative estimate of drug-likeness (QED) is 0.618. The maximum Gasteiger partial charge on any atom is 0.312 e. The molecule has 8 heteroatoms. The zero-order valence-electron chi connectivity index (χ0n) is 15.1. The fourth-order valence-corrected chi connectivity index (χ4v) is 3.22. The Kier molecular flexibility index (Phi) is 5.03. The van der Waals surface area contributed by atoms with Gasteiger partial charge in [0, 0.05) is 18.7 Å². The number of rotatable bonds is 4. The van der Waals surface area contributed by atoms with Crippen molar-refractivity contribution < 1.29 is 14.5 Å². The zero-order chi connectivity index (χ0) is 18.8. The van der Waals surface area contributed by atoms with E-state index in [4.69, 9.17) is 4.74 Å². The van der Waals surface area contributed by atoms with Crippen LogP contribution in [0.5, 0.6) is 0 Å². The van der Waals surface area contributed by atoms with Crippen LogP contribution in [0.1, 0.15) is 34.2 Å². The van der Waals surface area contributed by atoms with E-state index in [2.05, 4.69) is 5.10 Å². The summed E-state index contributed by atoms with van der Waals surface area (Å²) in [6.45, 7) is 7.44. The third kappa shape index (κ3) is 3.60. The van der Waals surface area contributed by atoms with Crippen molar-refractivity contribution in [2.45, 2.75) is 33.4 Å². The molecule has 1 unspecified atom stereocenters. The molecule has 2 heterocycles. The third-order valence-corrected chi connectivity index (χ3v) is 4.59. The minimum Gasteiger partial charge on any atom is -0.375 e. The van der Waals surface area contributed by atoms with Crippen LogP contribution in [-0.4, -0.2) is 51.3 Å². The van der Waals surface area contributed by atoms with Gasteiger partial charge in [-0.1, -0.05) is 12.1 Å². The summed E-state index contributed by atoms with van der Waals surface area (Å²) in [5.74, 6) is -0.00606. The van der Waals surface area contributed by atoms with Crippen LogP contribution in [-0.2, 0) is 11.3 Å². The fourth-order valence-electron chi connectivity index (χ4n) is 3.22. The molecule has 26 heavy (non-hydrogen) atoms. The topological polar surface area (TPSA) is 90.5 Å². The average molecular weight is 358 g/mol. The van der Waals surface area contributed by atoms with Crippen LogP contribution < -0.4 is 0 Å². The van der Waals surface area contributed by atoms with E-state index in [0.717, 1.165) is 5.56 Å². The standard InChI is InChI=1S/C18H22N4O4/c1-12-10-20(8-9-26-12)18(23)16-6-4-15(5-7-16)11-21-14(3)17(22(24)25)13(2)19-21/h4-7,12H,8-11H2,1-3H3. The van der Waals surface area contributed by atoms with Gasteiger partial charge < -0.3 is 9.64 Å². The molecule has 0 saturated carbocycles. The van der Waals surface area contributed by atoms with Gasteiger partial charge in [0.2, 0.25) is 0 Å². The van der Waals surface area contributed by atoms with E-state index in [-0.39, 0.29) is 17.7 Å². The molecule has 2 aromatic rings. The van der Waals surface area contributed by atoms with E-state index in [9.17, 15) is 14.9 Å². The molecule has 1 aliphatic rings. The zero-order valence-corrected chi connectivity index (χ0v) is 15.1. The Morgan fingerprint density at radius 1 is 1.35 bits per heavy atom. The lowest BCUT2D eigenvalue weighted by Gasteiger charge is -2.31. The molecule has 0 radical (unpaired) electrons. The summed E-state index contributed by atoms with van der Waals surface area (Å²) < 4.78 is 7.09. The summed E-state index contributed by atoms with van der Waals surface area (Å²) in [5.41, 5.74) is 2.54. The Bertz CT molecular complexity index is 828. The SMILES string of the molecule is Cc1nn(Cc2ccc(C(=O)N3CCOC(C)C3)cc2)c(C)c1[N+](=O)[O-]. The van der Waals surface area contributed by atoms with Crippen LogP contribution in [0.15, 0.2) is 24.3 Å². The first kappa shape index (κ1) is 18.1. The molecule has 8 nitrogen and oxygen atoms in total. The summed E-state index contributed by atoms with van der Waals surface area (Å²) in [4.78, 5) is 25.1. The molecule has 1 aromatic carbocycles. The molecule has 1 amide bonds. The minimum absolute atomic E-state index is 0.00606. The first-order chi connectivity index (χ1) is 12.4. The maximum atomic E-state index is 12.6. The molecular weight excluding hydrogens is 336 g/mol. The third-order valence-electron chi connectivity index (χ3n) is 4.59. The minimum atomic E-state index is -0.404. The molecule has 1 aromatic heterocycles. The molecule has 0 spiro atoms. The average Bonchev–Trinajstić information content (AvgIpc) is 2.88. The Hall–Kier alpha value is -2.74. The monoisotopic (exact) mass is 358 g/mol. The van der Waals surface area contributed by atoms with Gasteiger partial charge in [-0.3, -0.25) is 19.6 Å². The van der Waals surface area contributed by atoms with Crippen molar-refractivity contribution in [2.24, 2.45) is 0 Å². The Morgan fingerprint density at radius 2 is 2.04 bits per heavy atom. The molecule has 1 saturated heterocycles. The normalized spacial score (nSPS) is 17.3. The van der Waals surface area contributed by atoms with Gasteiger partial charge >= 0.3 is 5.69 Å². The number of morpholine rings is 1. The smallest absolute Gasteiger partial charge is 0.312 e. The van der Waals surface area contributed by atoms with Crippen LogP contribution in [0.2, 0.25) is 0 Å². The van der Waals surface area contributed by atoms with E-state index >= 15 is 0 Å². The van der Waals surface area contributed by atoms with Gasteiger partial charge in [-0.05, 0) is 38.5 Å². The van der Waals surface area contributed by atoms with Crippen molar-refractivity contribution in [2.75, 3.05) is 19.7 Å². The van der Waals surface area contributed by atoms with Gasteiger partial charge in [0.15, 0.2) is 0 Å². The maximum absolute atomic E-state index is 12.6. The highest BCUT2D eigenvalue weighted by molar-refractivity contribution is 5.94. The van der Waals surface area contributed by atoms with E-state index < -0.39 is 4.92 Å². The fraction of sp³-hybridized carbons (Fsp3) is 0.444. The van der Waals surface area contributed by atoms with E-state index in [1.54, 1.807) is 35.6 Å². The number of hydrogen-bond acceptors (Lipinski definition) is 5. The molecule has 138 valence electrons. The largest absolute Gasteiger partial charge is 0.375 e. The van der Waals surface area contributed by atoms with Crippen LogP contribution in [0, 0.1) is 24.0 Å². The van der Waals surface area contributed by atoms with Crippen molar-refractivity contribution in [3.8, 4) is 0 Å². The molecule has 1 fully saturated rings. The van der Waals surface area contributed by atoms with Crippen molar-refractivity contribution in [3.05, 3.63) is 56.9 Å². The lowest BCUT2D eigenvalue weighted by molar-refractivity contribution is -0.386. The number of carbonyl (C=O) groups is 1. The van der Waals surface area contributed by atoms with Crippen molar-refractivity contribution in [1.29, 1.82) is 0 Å². The lowest BCUT2D eigenvalue weighted by Crippen LogP contribution is -2.44. The summed E-state index contributed by atoms with van der Waals surface area (Å²) in [7, 11) is 0. The van der Waals surface area contributed by atoms with Gasteiger partial charge in [0.25, 0.3) is 5.91 Å². The number of aryl methyl sites for hydroxylation is 1. The second-order valence-electron chi connectivity index (χ2n) is 6.56.